The van der Waals surface area contributed by atoms with Crippen LogP contribution in [0.3, 0.4) is 0 Å². The van der Waals surface area contributed by atoms with Crippen molar-refractivity contribution in [3.8, 4) is 0 Å². The predicted molar refractivity (Wildman–Crippen MR) is 47.5 cm³/mol. The Labute approximate surface area is 77.7 Å². The van der Waals surface area contributed by atoms with Crippen molar-refractivity contribution in [3.05, 3.63) is 0 Å². The van der Waals surface area contributed by atoms with Crippen molar-refractivity contribution in [1.82, 2.24) is 9.03 Å². The first-order valence-corrected chi connectivity index (χ1v) is 5.17. The average Bonchev–Trinajstić information content (AvgIpc) is 1.99. The molecule has 13 heavy (non-hydrogen) atoms. The van der Waals surface area contributed by atoms with Gasteiger partial charge in [0.1, 0.15) is 6.04 Å². The first kappa shape index (κ1) is 12.3. The van der Waals surface area contributed by atoms with Gasteiger partial charge in [-0.15, -0.1) is 0 Å². The molecule has 0 heterocycles. The fourth-order valence-corrected chi connectivity index (χ4v) is 1.43. The van der Waals surface area contributed by atoms with Crippen molar-refractivity contribution in [1.29, 1.82) is 0 Å². The molecule has 6 nitrogen and oxygen atoms in total. The Kier molecular flexibility index (Phi) is 4.31. The van der Waals surface area contributed by atoms with Crippen LogP contribution in [0.5, 0.6) is 0 Å². The molecule has 0 saturated carbocycles. The van der Waals surface area contributed by atoms with Crippen molar-refractivity contribution in [2.24, 2.45) is 0 Å². The molecule has 7 heteroatoms. The monoisotopic (exact) mass is 210 g/mol. The number of hydrogen-bond donors (Lipinski definition) is 2. The van der Waals surface area contributed by atoms with E-state index in [-0.39, 0.29) is 6.42 Å². The maximum Gasteiger partial charge on any atom is 0.321 e. The summed E-state index contributed by atoms with van der Waals surface area (Å²) in [5.74, 6) is -1.17. The number of rotatable bonds is 5. The van der Waals surface area contributed by atoms with Crippen LogP contribution in [0.1, 0.15) is 13.3 Å². The SMILES string of the molecule is CC[C@@H](NS(=O)(=O)N(C)C)C(=O)O. The lowest BCUT2D eigenvalue weighted by atomic mass is 10.2. The van der Waals surface area contributed by atoms with Gasteiger partial charge in [-0.25, -0.2) is 0 Å². The van der Waals surface area contributed by atoms with Crippen LogP contribution in [-0.2, 0) is 15.0 Å². The van der Waals surface area contributed by atoms with Crippen LogP contribution in [-0.4, -0.2) is 43.9 Å². The molecule has 0 aromatic rings. The second-order valence-corrected chi connectivity index (χ2v) is 4.62. The van der Waals surface area contributed by atoms with E-state index in [2.05, 4.69) is 0 Å². The molecule has 0 aliphatic heterocycles. The van der Waals surface area contributed by atoms with Crippen LogP contribution in [0.4, 0.5) is 0 Å². The van der Waals surface area contributed by atoms with Gasteiger partial charge in [0.2, 0.25) is 0 Å². The highest BCUT2D eigenvalue weighted by atomic mass is 32.2. The molecule has 0 rings (SSSR count). The highest BCUT2D eigenvalue weighted by Crippen LogP contribution is 1.96. The lowest BCUT2D eigenvalue weighted by Crippen LogP contribution is -2.45. The average molecular weight is 210 g/mol. The number of nitrogens with one attached hydrogen (secondary N) is 1. The summed E-state index contributed by atoms with van der Waals surface area (Å²) < 4.78 is 25.3. The quantitative estimate of drug-likeness (QED) is 0.625. The van der Waals surface area contributed by atoms with Crippen molar-refractivity contribution >= 4 is 16.2 Å². The van der Waals surface area contributed by atoms with E-state index in [0.29, 0.717) is 0 Å². The van der Waals surface area contributed by atoms with Crippen LogP contribution < -0.4 is 4.72 Å². The van der Waals surface area contributed by atoms with Gasteiger partial charge in [-0.3, -0.25) is 4.79 Å². The second kappa shape index (κ2) is 4.54. The molecule has 0 amide bonds. The first-order valence-electron chi connectivity index (χ1n) is 3.73. The molecular formula is C6H14N2O4S. The minimum atomic E-state index is -3.65. The zero-order valence-electron chi connectivity index (χ0n) is 7.81. The number of carboxylic acids is 1. The van der Waals surface area contributed by atoms with Gasteiger partial charge in [0.05, 0.1) is 0 Å². The normalized spacial score (nSPS) is 14.5. The van der Waals surface area contributed by atoms with E-state index < -0.39 is 22.2 Å². The third-order valence-corrected chi connectivity index (χ3v) is 3.02. The van der Waals surface area contributed by atoms with E-state index in [0.717, 1.165) is 4.31 Å². The summed E-state index contributed by atoms with van der Waals surface area (Å²) in [7, 11) is -0.992. The van der Waals surface area contributed by atoms with E-state index in [4.69, 9.17) is 5.11 Å². The van der Waals surface area contributed by atoms with Crippen LogP contribution in [0.2, 0.25) is 0 Å². The number of nitrogens with zero attached hydrogens (tertiary/aromatic N) is 1. The van der Waals surface area contributed by atoms with Gasteiger partial charge in [-0.2, -0.15) is 17.4 Å². The lowest BCUT2D eigenvalue weighted by molar-refractivity contribution is -0.139. The molecular weight excluding hydrogens is 196 g/mol. The van der Waals surface area contributed by atoms with E-state index in [1.165, 1.54) is 14.1 Å². The second-order valence-electron chi connectivity index (χ2n) is 2.70. The predicted octanol–water partition coefficient (Wildman–Crippen LogP) is -0.754. The molecule has 1 atom stereocenters. The highest BCUT2D eigenvalue weighted by Gasteiger charge is 2.23. The number of aliphatic carboxylic acids is 1. The topological polar surface area (TPSA) is 86.7 Å². The van der Waals surface area contributed by atoms with Crippen LogP contribution in [0, 0.1) is 0 Å². The van der Waals surface area contributed by atoms with Crippen molar-refractivity contribution < 1.29 is 18.3 Å². The Morgan fingerprint density at radius 1 is 1.54 bits per heavy atom. The highest BCUT2D eigenvalue weighted by molar-refractivity contribution is 7.87. The van der Waals surface area contributed by atoms with Crippen LogP contribution >= 0.6 is 0 Å². The summed E-state index contributed by atoms with van der Waals surface area (Å²) in [6.45, 7) is 1.59. The van der Waals surface area contributed by atoms with Gasteiger partial charge < -0.3 is 5.11 Å². The lowest BCUT2D eigenvalue weighted by Gasteiger charge is -2.16. The molecule has 0 spiro atoms. The van der Waals surface area contributed by atoms with Crippen molar-refractivity contribution in [2.75, 3.05) is 14.1 Å². The molecule has 2 N–H and O–H groups in total. The Bertz CT molecular complexity index is 272. The van der Waals surface area contributed by atoms with Crippen LogP contribution in [0.25, 0.3) is 0 Å². The van der Waals surface area contributed by atoms with Crippen LogP contribution in [0.15, 0.2) is 0 Å². The maximum atomic E-state index is 11.2. The summed E-state index contributed by atoms with van der Waals surface area (Å²) in [5.41, 5.74) is 0. The van der Waals surface area contributed by atoms with Gasteiger partial charge in [-0.1, -0.05) is 6.92 Å². The van der Waals surface area contributed by atoms with Gasteiger partial charge in [-0.05, 0) is 6.42 Å². The fraction of sp³-hybridized carbons (Fsp3) is 0.833. The molecule has 0 aromatic carbocycles. The third-order valence-electron chi connectivity index (χ3n) is 1.48. The van der Waals surface area contributed by atoms with Gasteiger partial charge in [0.25, 0.3) is 10.2 Å². The Balaban J connectivity index is 4.50. The number of hydrogen-bond acceptors (Lipinski definition) is 3. The largest absolute Gasteiger partial charge is 0.480 e. The smallest absolute Gasteiger partial charge is 0.321 e. The summed E-state index contributed by atoms with van der Waals surface area (Å²) in [6, 6.07) is -1.06. The number of carbonyl (C=O) groups is 1. The number of carboxylic acid groups (broad SMARTS) is 1. The van der Waals surface area contributed by atoms with E-state index in [1.54, 1.807) is 6.92 Å². The van der Waals surface area contributed by atoms with E-state index >= 15 is 0 Å². The van der Waals surface area contributed by atoms with Gasteiger partial charge in [0, 0.05) is 14.1 Å². The molecule has 0 radical (unpaired) electrons. The fourth-order valence-electron chi connectivity index (χ4n) is 0.594. The first-order chi connectivity index (χ1) is 5.81. The molecule has 0 saturated heterocycles. The molecule has 0 fully saturated rings. The summed E-state index contributed by atoms with van der Waals surface area (Å²) in [4.78, 5) is 10.5. The van der Waals surface area contributed by atoms with Crippen molar-refractivity contribution in [3.63, 3.8) is 0 Å². The molecule has 0 aliphatic rings. The zero-order chi connectivity index (χ0) is 10.6. The summed E-state index contributed by atoms with van der Waals surface area (Å²) in [6.07, 6.45) is 0.211. The summed E-state index contributed by atoms with van der Waals surface area (Å²) in [5, 5.41) is 8.57. The molecule has 78 valence electrons. The Morgan fingerprint density at radius 3 is 2.23 bits per heavy atom. The maximum absolute atomic E-state index is 11.2. The third kappa shape index (κ3) is 3.71. The minimum absolute atomic E-state index is 0.211. The zero-order valence-corrected chi connectivity index (χ0v) is 8.63. The molecule has 0 unspecified atom stereocenters. The standard InChI is InChI=1S/C6H14N2O4S/c1-4-5(6(9)10)7-13(11,12)8(2)3/h5,7H,4H2,1-3H3,(H,9,10)/t5-/m1/s1. The molecule has 0 aromatic heterocycles. The van der Waals surface area contributed by atoms with Gasteiger partial charge >= 0.3 is 5.97 Å². The van der Waals surface area contributed by atoms with E-state index in [1.807, 2.05) is 4.72 Å². The minimum Gasteiger partial charge on any atom is -0.480 e. The van der Waals surface area contributed by atoms with Gasteiger partial charge in [0.15, 0.2) is 0 Å². The Hall–Kier alpha value is -0.660. The van der Waals surface area contributed by atoms with Crippen molar-refractivity contribution in [2.45, 2.75) is 19.4 Å². The van der Waals surface area contributed by atoms with E-state index in [9.17, 15) is 13.2 Å². The molecule has 0 bridgehead atoms. The Morgan fingerprint density at radius 2 is 2.00 bits per heavy atom. The summed E-state index contributed by atoms with van der Waals surface area (Å²) >= 11 is 0. The molecule has 0 aliphatic carbocycles.